The summed E-state index contributed by atoms with van der Waals surface area (Å²) >= 11 is 7.87. The van der Waals surface area contributed by atoms with E-state index in [0.29, 0.717) is 11.6 Å². The van der Waals surface area contributed by atoms with E-state index in [1.54, 1.807) is 28.6 Å². The lowest BCUT2D eigenvalue weighted by molar-refractivity contribution is 0.595. The molecule has 1 N–H and O–H groups in total. The van der Waals surface area contributed by atoms with E-state index in [2.05, 4.69) is 34.3 Å². The zero-order valence-electron chi connectivity index (χ0n) is 15.2. The number of benzene rings is 1. The van der Waals surface area contributed by atoms with E-state index in [9.17, 15) is 4.79 Å². The summed E-state index contributed by atoms with van der Waals surface area (Å²) in [6.07, 6.45) is 1.69. The van der Waals surface area contributed by atoms with Crippen LogP contribution >= 0.6 is 23.4 Å². The molecular weight excluding hydrogens is 368 g/mol. The molecule has 26 heavy (non-hydrogen) atoms. The van der Waals surface area contributed by atoms with Crippen molar-refractivity contribution < 1.29 is 0 Å². The Hall–Kier alpha value is -2.05. The molecule has 0 fully saturated rings. The summed E-state index contributed by atoms with van der Waals surface area (Å²) in [5.41, 5.74) is 2.39. The predicted molar refractivity (Wildman–Crippen MR) is 110 cm³/mol. The van der Waals surface area contributed by atoms with Crippen LogP contribution in [0.3, 0.4) is 0 Å². The number of nitrogens with one attached hydrogen (secondary N) is 1. The molecule has 0 amide bonds. The Morgan fingerprint density at radius 2 is 2.08 bits per heavy atom. The number of nitrogens with zero attached hydrogens (tertiary/aromatic N) is 3. The zero-order chi connectivity index (χ0) is 18.8. The zero-order valence-corrected chi connectivity index (χ0v) is 16.8. The molecule has 7 heteroatoms. The third-order valence-electron chi connectivity index (χ3n) is 4.00. The lowest BCUT2D eigenvalue weighted by atomic mass is 10.2. The molecule has 0 radical (unpaired) electrons. The van der Waals surface area contributed by atoms with Crippen LogP contribution in [0.2, 0.25) is 5.02 Å². The van der Waals surface area contributed by atoms with Gasteiger partial charge in [-0.3, -0.25) is 9.36 Å². The van der Waals surface area contributed by atoms with Crippen molar-refractivity contribution in [2.45, 2.75) is 38.6 Å². The summed E-state index contributed by atoms with van der Waals surface area (Å²) in [4.78, 5) is 22.6. The average Bonchev–Trinajstić information content (AvgIpc) is 2.58. The van der Waals surface area contributed by atoms with Gasteiger partial charge in [-0.2, -0.15) is 4.98 Å². The quantitative estimate of drug-likeness (QED) is 0.609. The predicted octanol–water partition coefficient (Wildman–Crippen LogP) is 5.19. The molecule has 2 aromatic heterocycles. The summed E-state index contributed by atoms with van der Waals surface area (Å²) < 4.78 is 1.60. The van der Waals surface area contributed by atoms with Gasteiger partial charge in [-0.1, -0.05) is 18.5 Å². The smallest absolute Gasteiger partial charge is 0.271 e. The van der Waals surface area contributed by atoms with Gasteiger partial charge in [0, 0.05) is 28.2 Å². The summed E-state index contributed by atoms with van der Waals surface area (Å²) in [5, 5.41) is 4.17. The Balaban J connectivity index is 2.03. The Morgan fingerprint density at radius 3 is 2.73 bits per heavy atom. The van der Waals surface area contributed by atoms with Crippen LogP contribution in [0.1, 0.15) is 32.4 Å². The Kier molecular flexibility index (Phi) is 5.53. The van der Waals surface area contributed by atoms with Crippen molar-refractivity contribution in [1.29, 1.82) is 0 Å². The normalized spacial score (nSPS) is 11.3. The van der Waals surface area contributed by atoms with Crippen LogP contribution in [0, 0.1) is 6.92 Å². The van der Waals surface area contributed by atoms with Crippen LogP contribution in [0.15, 0.2) is 40.2 Å². The van der Waals surface area contributed by atoms with Crippen molar-refractivity contribution in [1.82, 2.24) is 14.5 Å². The number of hydrogen-bond donors (Lipinski definition) is 1. The second kappa shape index (κ2) is 7.68. The molecule has 0 aliphatic heterocycles. The van der Waals surface area contributed by atoms with E-state index >= 15 is 0 Å². The highest BCUT2D eigenvalue weighted by Crippen LogP contribution is 2.26. The molecule has 136 valence electrons. The fourth-order valence-corrected chi connectivity index (χ4v) is 3.75. The van der Waals surface area contributed by atoms with Crippen molar-refractivity contribution in [3.8, 4) is 0 Å². The maximum Gasteiger partial charge on any atom is 0.271 e. The minimum Gasteiger partial charge on any atom is -0.324 e. The van der Waals surface area contributed by atoms with E-state index < -0.39 is 0 Å². The van der Waals surface area contributed by atoms with Gasteiger partial charge in [0.05, 0.1) is 0 Å². The first kappa shape index (κ1) is 18.7. The van der Waals surface area contributed by atoms with Gasteiger partial charge in [-0.25, -0.2) is 4.98 Å². The Bertz CT molecular complexity index is 1020. The van der Waals surface area contributed by atoms with Crippen LogP contribution in [0.25, 0.3) is 11.0 Å². The highest BCUT2D eigenvalue weighted by Gasteiger charge is 2.13. The molecule has 2 heterocycles. The molecule has 1 aromatic carbocycles. The van der Waals surface area contributed by atoms with Crippen LogP contribution in [-0.4, -0.2) is 20.3 Å². The highest BCUT2D eigenvalue weighted by molar-refractivity contribution is 7.99. The summed E-state index contributed by atoms with van der Waals surface area (Å²) in [7, 11) is 0. The minimum absolute atomic E-state index is 0.0569. The van der Waals surface area contributed by atoms with E-state index in [0.717, 1.165) is 22.4 Å². The second-order valence-electron chi connectivity index (χ2n) is 6.27. The molecular formula is C19H21ClN4OS. The first-order valence-electron chi connectivity index (χ1n) is 8.49. The fourth-order valence-electron chi connectivity index (χ4n) is 2.78. The van der Waals surface area contributed by atoms with E-state index in [-0.39, 0.29) is 16.6 Å². The second-order valence-corrected chi connectivity index (χ2v) is 8.01. The Labute approximate surface area is 161 Å². The van der Waals surface area contributed by atoms with Crippen molar-refractivity contribution in [3.63, 3.8) is 0 Å². The number of hydrogen-bond acceptors (Lipinski definition) is 5. The third-order valence-corrected chi connectivity index (χ3v) is 5.15. The molecule has 0 saturated carbocycles. The van der Waals surface area contributed by atoms with Crippen molar-refractivity contribution in [3.05, 3.63) is 51.4 Å². The van der Waals surface area contributed by atoms with Gasteiger partial charge in [0.25, 0.3) is 5.56 Å². The summed E-state index contributed by atoms with van der Waals surface area (Å²) in [6, 6.07) is 7.80. The lowest BCUT2D eigenvalue weighted by Gasteiger charge is -2.15. The number of pyridine rings is 1. The molecule has 0 unspecified atom stereocenters. The van der Waals surface area contributed by atoms with Crippen LogP contribution in [0.4, 0.5) is 11.6 Å². The largest absolute Gasteiger partial charge is 0.324 e. The molecule has 0 bridgehead atoms. The topological polar surface area (TPSA) is 59.8 Å². The van der Waals surface area contributed by atoms with E-state index in [4.69, 9.17) is 11.6 Å². The summed E-state index contributed by atoms with van der Waals surface area (Å²) in [5.74, 6) is 1.49. The number of rotatable bonds is 5. The van der Waals surface area contributed by atoms with Gasteiger partial charge in [-0.15, -0.1) is 11.8 Å². The number of thioether (sulfide) groups is 1. The van der Waals surface area contributed by atoms with Crippen LogP contribution in [0.5, 0.6) is 0 Å². The van der Waals surface area contributed by atoms with Gasteiger partial charge in [-0.05, 0) is 56.4 Å². The fraction of sp³-hybridized carbons (Fsp3) is 0.316. The van der Waals surface area contributed by atoms with Gasteiger partial charge < -0.3 is 5.32 Å². The van der Waals surface area contributed by atoms with Gasteiger partial charge in [0.15, 0.2) is 0 Å². The maximum absolute atomic E-state index is 12.4. The van der Waals surface area contributed by atoms with Crippen LogP contribution < -0.4 is 10.9 Å². The third kappa shape index (κ3) is 3.71. The molecule has 5 nitrogen and oxygen atoms in total. The summed E-state index contributed by atoms with van der Waals surface area (Å²) in [6.45, 7) is 8.05. The number of fused-ring (bicyclic) bond motifs is 1. The highest BCUT2D eigenvalue weighted by atomic mass is 35.5. The average molecular weight is 389 g/mol. The number of aromatic nitrogens is 3. The molecule has 0 saturated heterocycles. The number of aryl methyl sites for hydroxylation is 1. The van der Waals surface area contributed by atoms with Crippen molar-refractivity contribution in [2.24, 2.45) is 0 Å². The monoisotopic (exact) mass is 388 g/mol. The van der Waals surface area contributed by atoms with Crippen molar-refractivity contribution in [2.75, 3.05) is 11.1 Å². The maximum atomic E-state index is 12.4. The number of halogens is 1. The molecule has 3 aromatic rings. The molecule has 3 rings (SSSR count). The van der Waals surface area contributed by atoms with Crippen molar-refractivity contribution >= 4 is 46.0 Å². The first-order chi connectivity index (χ1) is 12.4. The molecule has 0 atom stereocenters. The van der Waals surface area contributed by atoms with E-state index in [1.807, 2.05) is 26.8 Å². The van der Waals surface area contributed by atoms with Gasteiger partial charge in [0.2, 0.25) is 5.95 Å². The molecule has 0 spiro atoms. The first-order valence-corrected chi connectivity index (χ1v) is 9.85. The molecule has 0 aliphatic carbocycles. The van der Waals surface area contributed by atoms with E-state index in [1.165, 1.54) is 4.90 Å². The Morgan fingerprint density at radius 1 is 1.31 bits per heavy atom. The van der Waals surface area contributed by atoms with Gasteiger partial charge >= 0.3 is 0 Å². The molecule has 0 aliphatic rings. The lowest BCUT2D eigenvalue weighted by Crippen LogP contribution is -2.23. The van der Waals surface area contributed by atoms with Gasteiger partial charge in [0.1, 0.15) is 10.7 Å². The standard InChI is InChI=1S/C19H21ClN4OS/c1-5-26-14-6-7-16(12(4)8-14)22-19-21-10-13-9-15(20)18(25)24(11(2)3)17(13)23-19/h6-11H,5H2,1-4H3,(H,21,22,23). The minimum atomic E-state index is -0.240. The number of anilines is 2. The van der Waals surface area contributed by atoms with Crippen LogP contribution in [-0.2, 0) is 0 Å². The SMILES string of the molecule is CCSc1ccc(Nc2ncc3cc(Cl)c(=O)n(C(C)C)c3n2)c(C)c1.